The molecule has 2 aromatic rings. The Morgan fingerprint density at radius 2 is 2.36 bits per heavy atom. The Balaban J connectivity index is 2.67. The second kappa shape index (κ2) is 2.27. The van der Waals surface area contributed by atoms with Crippen molar-refractivity contribution in [3.63, 3.8) is 0 Å². The largest absolute Gasteiger partial charge is 0.388 e. The zero-order valence-corrected chi connectivity index (χ0v) is 6.28. The van der Waals surface area contributed by atoms with E-state index in [1.807, 2.05) is 36.0 Å². The Morgan fingerprint density at radius 3 is 3.18 bits per heavy atom. The van der Waals surface area contributed by atoms with Crippen LogP contribution in [0.1, 0.15) is 0 Å². The quantitative estimate of drug-likeness (QED) is 0.660. The predicted molar refractivity (Wildman–Crippen MR) is 44.7 cm³/mol. The highest BCUT2D eigenvalue weighted by atomic mass is 15.0. The zero-order valence-electron chi connectivity index (χ0n) is 6.28. The van der Waals surface area contributed by atoms with E-state index in [4.69, 9.17) is 0 Å². The Bertz CT molecular complexity index is 364. The molecule has 56 valence electrons. The van der Waals surface area contributed by atoms with Gasteiger partial charge in [0.25, 0.3) is 0 Å². The number of pyridine rings is 1. The van der Waals surface area contributed by atoms with E-state index in [0.29, 0.717) is 0 Å². The van der Waals surface area contributed by atoms with E-state index in [9.17, 15) is 0 Å². The fraction of sp³-hybridized carbons (Fsp3) is 0.125. The topological polar surface area (TPSA) is 29.3 Å². The normalized spacial score (nSPS) is 10.3. The van der Waals surface area contributed by atoms with Crippen molar-refractivity contribution in [3.05, 3.63) is 30.7 Å². The van der Waals surface area contributed by atoms with Crippen LogP contribution in [0.25, 0.3) is 5.65 Å². The summed E-state index contributed by atoms with van der Waals surface area (Å²) in [6, 6.07) is 4.01. The summed E-state index contributed by atoms with van der Waals surface area (Å²) in [5.41, 5.74) is 2.06. The molecule has 0 atom stereocenters. The molecule has 1 N–H and O–H groups in total. The maximum Gasteiger partial charge on any atom is 0.138 e. The van der Waals surface area contributed by atoms with Gasteiger partial charge >= 0.3 is 0 Å². The van der Waals surface area contributed by atoms with E-state index < -0.39 is 0 Å². The van der Waals surface area contributed by atoms with Crippen molar-refractivity contribution in [2.75, 3.05) is 12.4 Å². The molecule has 0 aliphatic carbocycles. The van der Waals surface area contributed by atoms with Crippen molar-refractivity contribution < 1.29 is 0 Å². The summed E-state index contributed by atoms with van der Waals surface area (Å²) >= 11 is 0. The minimum atomic E-state index is 0.969. The molecule has 0 spiro atoms. The van der Waals surface area contributed by atoms with Crippen LogP contribution in [0.5, 0.6) is 0 Å². The van der Waals surface area contributed by atoms with Crippen molar-refractivity contribution >= 4 is 11.3 Å². The minimum absolute atomic E-state index is 0.969. The fourth-order valence-corrected chi connectivity index (χ4v) is 1.07. The van der Waals surface area contributed by atoms with Crippen molar-refractivity contribution in [2.45, 2.75) is 0 Å². The summed E-state index contributed by atoms with van der Waals surface area (Å²) in [5.74, 6) is 0. The van der Waals surface area contributed by atoms with E-state index in [1.165, 1.54) is 0 Å². The van der Waals surface area contributed by atoms with Crippen molar-refractivity contribution in [1.82, 2.24) is 9.38 Å². The molecule has 0 saturated heterocycles. The van der Waals surface area contributed by atoms with Crippen molar-refractivity contribution in [3.8, 4) is 0 Å². The minimum Gasteiger partial charge on any atom is -0.388 e. The molecule has 0 amide bonds. The van der Waals surface area contributed by atoms with Gasteiger partial charge in [-0.15, -0.1) is 0 Å². The number of anilines is 1. The second-order valence-corrected chi connectivity index (χ2v) is 2.36. The first-order chi connectivity index (χ1) is 5.40. The standard InChI is InChI=1S/C8H9N3/c1-9-7-2-4-11-5-3-10-8(11)6-7/h2-6,9H,1H3. The van der Waals surface area contributed by atoms with Gasteiger partial charge < -0.3 is 9.72 Å². The molecule has 3 nitrogen and oxygen atoms in total. The highest BCUT2D eigenvalue weighted by molar-refractivity contribution is 5.53. The first kappa shape index (κ1) is 6.22. The van der Waals surface area contributed by atoms with E-state index in [1.54, 1.807) is 6.20 Å². The third kappa shape index (κ3) is 0.941. The van der Waals surface area contributed by atoms with Crippen LogP contribution in [0.2, 0.25) is 0 Å². The van der Waals surface area contributed by atoms with Gasteiger partial charge in [0.2, 0.25) is 0 Å². The summed E-state index contributed by atoms with van der Waals surface area (Å²) in [4.78, 5) is 4.15. The summed E-state index contributed by atoms with van der Waals surface area (Å²) in [7, 11) is 1.90. The summed E-state index contributed by atoms with van der Waals surface area (Å²) < 4.78 is 1.97. The SMILES string of the molecule is CNc1ccn2ccnc2c1. The number of hydrogen-bond acceptors (Lipinski definition) is 2. The lowest BCUT2D eigenvalue weighted by molar-refractivity contribution is 1.18. The Hall–Kier alpha value is -1.51. The Kier molecular flexibility index (Phi) is 1.28. The summed E-state index contributed by atoms with van der Waals surface area (Å²) in [6.45, 7) is 0. The first-order valence-corrected chi connectivity index (χ1v) is 3.50. The third-order valence-corrected chi connectivity index (χ3v) is 1.69. The number of nitrogens with zero attached hydrogens (tertiary/aromatic N) is 2. The molecule has 0 bridgehead atoms. The molecule has 2 heterocycles. The van der Waals surface area contributed by atoms with Gasteiger partial charge in [-0.1, -0.05) is 0 Å². The average Bonchev–Trinajstić information content (AvgIpc) is 2.50. The molecular formula is C8H9N3. The highest BCUT2D eigenvalue weighted by Gasteiger charge is 1.92. The summed E-state index contributed by atoms with van der Waals surface area (Å²) in [5, 5.41) is 3.06. The van der Waals surface area contributed by atoms with Gasteiger partial charge in [-0.3, -0.25) is 0 Å². The van der Waals surface area contributed by atoms with E-state index in [0.717, 1.165) is 11.3 Å². The van der Waals surface area contributed by atoms with Crippen LogP contribution in [0.4, 0.5) is 5.69 Å². The van der Waals surface area contributed by atoms with Gasteiger partial charge in [0.1, 0.15) is 5.65 Å². The number of rotatable bonds is 1. The molecule has 0 aliphatic rings. The van der Waals surface area contributed by atoms with E-state index in [-0.39, 0.29) is 0 Å². The third-order valence-electron chi connectivity index (χ3n) is 1.69. The van der Waals surface area contributed by atoms with Crippen LogP contribution in [-0.4, -0.2) is 16.4 Å². The smallest absolute Gasteiger partial charge is 0.138 e. The first-order valence-electron chi connectivity index (χ1n) is 3.50. The van der Waals surface area contributed by atoms with Crippen molar-refractivity contribution in [1.29, 1.82) is 0 Å². The van der Waals surface area contributed by atoms with Gasteiger partial charge in [0, 0.05) is 37.4 Å². The van der Waals surface area contributed by atoms with Crippen LogP contribution in [0, 0.1) is 0 Å². The van der Waals surface area contributed by atoms with Gasteiger partial charge in [0.15, 0.2) is 0 Å². The zero-order chi connectivity index (χ0) is 7.68. The average molecular weight is 147 g/mol. The Labute approximate surface area is 64.7 Å². The van der Waals surface area contributed by atoms with E-state index in [2.05, 4.69) is 10.3 Å². The lowest BCUT2D eigenvalue weighted by Gasteiger charge is -1.98. The molecule has 0 unspecified atom stereocenters. The number of nitrogens with one attached hydrogen (secondary N) is 1. The van der Waals surface area contributed by atoms with Crippen LogP contribution in [0.15, 0.2) is 30.7 Å². The lowest BCUT2D eigenvalue weighted by atomic mass is 10.4. The monoisotopic (exact) mass is 147 g/mol. The molecule has 0 fully saturated rings. The predicted octanol–water partition coefficient (Wildman–Crippen LogP) is 1.38. The lowest BCUT2D eigenvalue weighted by Crippen LogP contribution is -1.89. The molecule has 0 saturated carbocycles. The Morgan fingerprint density at radius 1 is 1.45 bits per heavy atom. The van der Waals surface area contributed by atoms with Crippen LogP contribution in [0.3, 0.4) is 0 Å². The van der Waals surface area contributed by atoms with Crippen LogP contribution in [-0.2, 0) is 0 Å². The number of aromatic nitrogens is 2. The van der Waals surface area contributed by atoms with Gasteiger partial charge in [-0.2, -0.15) is 0 Å². The molecule has 3 heteroatoms. The number of imidazole rings is 1. The number of fused-ring (bicyclic) bond motifs is 1. The van der Waals surface area contributed by atoms with Crippen LogP contribution >= 0.6 is 0 Å². The molecule has 0 radical (unpaired) electrons. The number of hydrogen-bond donors (Lipinski definition) is 1. The van der Waals surface area contributed by atoms with Gasteiger partial charge in [-0.25, -0.2) is 4.98 Å². The molecule has 0 aliphatic heterocycles. The van der Waals surface area contributed by atoms with Crippen LogP contribution < -0.4 is 5.32 Å². The molecule has 0 aromatic carbocycles. The molecular weight excluding hydrogens is 138 g/mol. The maximum atomic E-state index is 4.15. The fourth-order valence-electron chi connectivity index (χ4n) is 1.07. The van der Waals surface area contributed by atoms with Gasteiger partial charge in [-0.05, 0) is 6.07 Å². The maximum absolute atomic E-state index is 4.15. The molecule has 2 aromatic heterocycles. The molecule has 11 heavy (non-hydrogen) atoms. The van der Waals surface area contributed by atoms with Crippen molar-refractivity contribution in [2.24, 2.45) is 0 Å². The second-order valence-electron chi connectivity index (χ2n) is 2.36. The van der Waals surface area contributed by atoms with E-state index >= 15 is 0 Å². The molecule has 2 rings (SSSR count). The summed E-state index contributed by atoms with van der Waals surface area (Å²) in [6.07, 6.45) is 5.69. The van der Waals surface area contributed by atoms with Gasteiger partial charge in [0.05, 0.1) is 0 Å². The highest BCUT2D eigenvalue weighted by Crippen LogP contribution is 2.08.